The van der Waals surface area contributed by atoms with Gasteiger partial charge in [-0.2, -0.15) is 0 Å². The molecule has 174 valence electrons. The average molecular weight is 492 g/mol. The van der Waals surface area contributed by atoms with Crippen LogP contribution in [0.3, 0.4) is 0 Å². The van der Waals surface area contributed by atoms with Crippen molar-refractivity contribution in [3.05, 3.63) is 74.6 Å². The molecule has 1 unspecified atom stereocenters. The van der Waals surface area contributed by atoms with Crippen LogP contribution >= 0.6 is 11.6 Å². The van der Waals surface area contributed by atoms with Crippen molar-refractivity contribution in [2.45, 2.75) is 37.4 Å². The predicted molar refractivity (Wildman–Crippen MR) is 122 cm³/mol. The monoisotopic (exact) mass is 491 g/mol. The smallest absolute Gasteiger partial charge is 0.338 e. The molecule has 0 amide bonds. The molecule has 33 heavy (non-hydrogen) atoms. The zero-order valence-corrected chi connectivity index (χ0v) is 19.4. The Hall–Kier alpha value is -2.72. The molecule has 8 nitrogen and oxygen atoms in total. The summed E-state index contributed by atoms with van der Waals surface area (Å²) in [5, 5.41) is 0.624. The Labute approximate surface area is 195 Å². The molecular weight excluding hydrogens is 470 g/mol. The maximum absolute atomic E-state index is 12.7. The third-order valence-corrected chi connectivity index (χ3v) is 7.23. The number of esters is 1. The Morgan fingerprint density at radius 2 is 2.03 bits per heavy atom. The molecule has 3 aromatic rings. The molecule has 1 aliphatic rings. The van der Waals surface area contributed by atoms with Crippen molar-refractivity contribution >= 4 is 38.6 Å². The molecule has 0 bridgehead atoms. The van der Waals surface area contributed by atoms with E-state index in [1.807, 2.05) is 13.0 Å². The van der Waals surface area contributed by atoms with E-state index in [2.05, 4.69) is 4.72 Å². The van der Waals surface area contributed by atoms with Gasteiger partial charge < -0.3 is 13.9 Å². The minimum Gasteiger partial charge on any atom is -0.457 e. The van der Waals surface area contributed by atoms with Crippen LogP contribution in [0.15, 0.2) is 56.6 Å². The number of halogens is 1. The number of sulfonamides is 1. The third kappa shape index (κ3) is 5.44. The van der Waals surface area contributed by atoms with Gasteiger partial charge in [0.15, 0.2) is 0 Å². The summed E-state index contributed by atoms with van der Waals surface area (Å²) >= 11 is 6.10. The van der Waals surface area contributed by atoms with E-state index in [1.54, 1.807) is 12.1 Å². The van der Waals surface area contributed by atoms with Crippen LogP contribution in [0.25, 0.3) is 11.0 Å². The summed E-state index contributed by atoms with van der Waals surface area (Å²) in [5.74, 6) is -0.754. The largest absolute Gasteiger partial charge is 0.457 e. The molecule has 1 atom stereocenters. The van der Waals surface area contributed by atoms with Crippen LogP contribution in [0, 0.1) is 6.92 Å². The summed E-state index contributed by atoms with van der Waals surface area (Å²) in [6.45, 7) is 2.41. The second kappa shape index (κ2) is 9.64. The van der Waals surface area contributed by atoms with Crippen molar-refractivity contribution in [3.63, 3.8) is 0 Å². The summed E-state index contributed by atoms with van der Waals surface area (Å²) in [5.41, 5.74) is 1.25. The van der Waals surface area contributed by atoms with Gasteiger partial charge >= 0.3 is 11.6 Å². The molecule has 0 spiro atoms. The van der Waals surface area contributed by atoms with Gasteiger partial charge in [0.25, 0.3) is 0 Å². The first-order valence-corrected chi connectivity index (χ1v) is 12.2. The zero-order valence-electron chi connectivity index (χ0n) is 17.8. The summed E-state index contributed by atoms with van der Waals surface area (Å²) < 4.78 is 43.9. The molecule has 1 saturated heterocycles. The molecule has 2 aromatic carbocycles. The number of nitrogens with one attached hydrogen (secondary N) is 1. The molecule has 1 N–H and O–H groups in total. The van der Waals surface area contributed by atoms with Gasteiger partial charge in [0, 0.05) is 30.2 Å². The van der Waals surface area contributed by atoms with E-state index >= 15 is 0 Å². The molecule has 2 heterocycles. The third-order valence-electron chi connectivity index (χ3n) is 5.33. The fraction of sp³-hybridized carbons (Fsp3) is 0.304. The molecule has 1 aliphatic heterocycles. The number of rotatable bonds is 7. The summed E-state index contributed by atoms with van der Waals surface area (Å²) in [6, 6.07) is 10.5. The van der Waals surface area contributed by atoms with Crippen LogP contribution in [0.1, 0.15) is 34.3 Å². The lowest BCUT2D eigenvalue weighted by Crippen LogP contribution is -2.32. The standard InChI is InChI=1S/C23H22ClNO7S/c1-14-4-6-18-16(11-22(26)32-20(18)9-14)13-31-23(27)15-5-7-19(24)21(10-15)33(28,29)25-12-17-3-2-8-30-17/h4-7,9-11,17,25H,2-3,8,12-13H2,1H3. The highest BCUT2D eigenvalue weighted by atomic mass is 35.5. The van der Waals surface area contributed by atoms with Gasteiger partial charge in [-0.15, -0.1) is 0 Å². The Balaban J connectivity index is 1.51. The number of hydrogen-bond acceptors (Lipinski definition) is 7. The fourth-order valence-electron chi connectivity index (χ4n) is 3.61. The summed E-state index contributed by atoms with van der Waals surface area (Å²) in [4.78, 5) is 24.3. The van der Waals surface area contributed by atoms with Crippen molar-refractivity contribution in [1.82, 2.24) is 4.72 Å². The van der Waals surface area contributed by atoms with Crippen LogP contribution in [0.5, 0.6) is 0 Å². The van der Waals surface area contributed by atoms with Crippen LogP contribution < -0.4 is 10.3 Å². The highest BCUT2D eigenvalue weighted by molar-refractivity contribution is 7.89. The lowest BCUT2D eigenvalue weighted by Gasteiger charge is -2.13. The number of carbonyl (C=O) groups is 1. The first kappa shape index (κ1) is 23.4. The van der Waals surface area contributed by atoms with Crippen LogP contribution in [-0.4, -0.2) is 33.6 Å². The molecule has 0 saturated carbocycles. The van der Waals surface area contributed by atoms with Gasteiger partial charge in [0.2, 0.25) is 10.0 Å². The van der Waals surface area contributed by atoms with E-state index in [0.29, 0.717) is 23.1 Å². The Morgan fingerprint density at radius 1 is 1.21 bits per heavy atom. The van der Waals surface area contributed by atoms with Gasteiger partial charge in [-0.05, 0) is 49.6 Å². The number of benzene rings is 2. The number of carbonyl (C=O) groups excluding carboxylic acids is 1. The van der Waals surface area contributed by atoms with Gasteiger partial charge in [-0.25, -0.2) is 22.7 Å². The second-order valence-corrected chi connectivity index (χ2v) is 9.94. The molecule has 10 heteroatoms. The first-order chi connectivity index (χ1) is 15.7. The zero-order chi connectivity index (χ0) is 23.6. The number of hydrogen-bond donors (Lipinski definition) is 1. The second-order valence-electron chi connectivity index (χ2n) is 7.80. The number of ether oxygens (including phenoxy) is 2. The molecule has 1 fully saturated rings. The van der Waals surface area contributed by atoms with E-state index in [-0.39, 0.29) is 34.7 Å². The fourth-order valence-corrected chi connectivity index (χ4v) is 5.20. The SMILES string of the molecule is Cc1ccc2c(COC(=O)c3ccc(Cl)c(S(=O)(=O)NCC4CCCO4)c3)cc(=O)oc2c1. The van der Waals surface area contributed by atoms with Crippen molar-refractivity contribution in [3.8, 4) is 0 Å². The minimum atomic E-state index is -3.96. The number of aryl methyl sites for hydroxylation is 1. The van der Waals surface area contributed by atoms with E-state index in [0.717, 1.165) is 18.4 Å². The maximum atomic E-state index is 12.7. The summed E-state index contributed by atoms with van der Waals surface area (Å²) in [6.07, 6.45) is 1.47. The molecule has 0 radical (unpaired) electrons. The average Bonchev–Trinajstić information content (AvgIpc) is 3.29. The number of fused-ring (bicyclic) bond motifs is 1. The van der Waals surface area contributed by atoms with Gasteiger partial charge in [-0.3, -0.25) is 0 Å². The molecule has 1 aromatic heterocycles. The van der Waals surface area contributed by atoms with Gasteiger partial charge in [0.1, 0.15) is 17.1 Å². The van der Waals surface area contributed by atoms with Gasteiger partial charge in [0.05, 0.1) is 16.7 Å². The van der Waals surface area contributed by atoms with Crippen molar-refractivity contribution in [2.24, 2.45) is 0 Å². The Kier molecular flexibility index (Phi) is 6.85. The molecular formula is C23H22ClNO7S. The summed E-state index contributed by atoms with van der Waals surface area (Å²) in [7, 11) is -3.96. The lowest BCUT2D eigenvalue weighted by molar-refractivity contribution is 0.0473. The molecule has 4 rings (SSSR count). The Bertz CT molecular complexity index is 1360. The van der Waals surface area contributed by atoms with Crippen LogP contribution in [0.4, 0.5) is 0 Å². The normalized spacial score (nSPS) is 16.2. The minimum absolute atomic E-state index is 0.0139. The highest BCUT2D eigenvalue weighted by Crippen LogP contribution is 2.24. The van der Waals surface area contributed by atoms with E-state index in [9.17, 15) is 18.0 Å². The van der Waals surface area contributed by atoms with E-state index in [1.165, 1.54) is 24.3 Å². The quantitative estimate of drug-likeness (QED) is 0.397. The van der Waals surface area contributed by atoms with Gasteiger partial charge in [-0.1, -0.05) is 23.7 Å². The topological polar surface area (TPSA) is 112 Å². The first-order valence-electron chi connectivity index (χ1n) is 10.3. The predicted octanol–water partition coefficient (Wildman–Crippen LogP) is 3.57. The van der Waals surface area contributed by atoms with Crippen molar-refractivity contribution in [1.29, 1.82) is 0 Å². The van der Waals surface area contributed by atoms with Crippen molar-refractivity contribution < 1.29 is 27.1 Å². The van der Waals surface area contributed by atoms with Crippen molar-refractivity contribution in [2.75, 3.05) is 13.2 Å². The maximum Gasteiger partial charge on any atom is 0.338 e. The Morgan fingerprint density at radius 3 is 2.79 bits per heavy atom. The van der Waals surface area contributed by atoms with E-state index in [4.69, 9.17) is 25.5 Å². The van der Waals surface area contributed by atoms with Crippen LogP contribution in [0.2, 0.25) is 5.02 Å². The highest BCUT2D eigenvalue weighted by Gasteiger charge is 2.24. The lowest BCUT2D eigenvalue weighted by atomic mass is 10.1. The van der Waals surface area contributed by atoms with Crippen LogP contribution in [-0.2, 0) is 26.1 Å². The van der Waals surface area contributed by atoms with E-state index < -0.39 is 21.6 Å². The molecule has 0 aliphatic carbocycles.